The van der Waals surface area contributed by atoms with Crippen molar-refractivity contribution in [3.8, 4) is 0 Å². The zero-order valence-corrected chi connectivity index (χ0v) is 16.1. The van der Waals surface area contributed by atoms with Gasteiger partial charge in [-0.1, -0.05) is 13.8 Å². The number of amides is 3. The molecule has 0 aliphatic carbocycles. The van der Waals surface area contributed by atoms with Gasteiger partial charge in [0.05, 0.1) is 19.3 Å². The minimum atomic E-state index is -1.39. The molecule has 11 heteroatoms. The molecular formula is C17H30N4O7. The van der Waals surface area contributed by atoms with Crippen LogP contribution in [0.3, 0.4) is 0 Å². The summed E-state index contributed by atoms with van der Waals surface area (Å²) in [5.74, 6) is -3.25. The maximum absolute atomic E-state index is 12.5. The summed E-state index contributed by atoms with van der Waals surface area (Å²) in [6.45, 7) is 2.46. The van der Waals surface area contributed by atoms with Crippen LogP contribution in [0, 0.1) is 5.92 Å². The third-order valence-electron chi connectivity index (χ3n) is 4.50. The Hall–Kier alpha value is -2.24. The number of aliphatic hydroxyl groups is 2. The van der Waals surface area contributed by atoms with Gasteiger partial charge in [0.15, 0.2) is 0 Å². The predicted molar refractivity (Wildman–Crippen MR) is 97.8 cm³/mol. The normalized spacial score (nSPS) is 19.8. The minimum Gasteiger partial charge on any atom is -0.480 e. The molecule has 4 unspecified atom stereocenters. The van der Waals surface area contributed by atoms with E-state index >= 15 is 0 Å². The fraction of sp³-hybridized carbons (Fsp3) is 0.765. The molecule has 0 saturated carbocycles. The number of carboxylic acids is 1. The molecule has 1 heterocycles. The van der Waals surface area contributed by atoms with Gasteiger partial charge in [-0.2, -0.15) is 0 Å². The SMILES string of the molecule is CC(C)CC(N)C(=O)NC(CO)C(=O)NC(CO)C(=O)N1CCCC1C(=O)O. The summed E-state index contributed by atoms with van der Waals surface area (Å²) in [5, 5.41) is 32.6. The lowest BCUT2D eigenvalue weighted by molar-refractivity contribution is -0.150. The van der Waals surface area contributed by atoms with Gasteiger partial charge in [0.2, 0.25) is 17.7 Å². The number of likely N-dealkylation sites (tertiary alicyclic amines) is 1. The van der Waals surface area contributed by atoms with Crippen LogP contribution in [0.1, 0.15) is 33.1 Å². The molecule has 4 atom stereocenters. The second-order valence-electron chi connectivity index (χ2n) is 7.25. The van der Waals surface area contributed by atoms with Crippen molar-refractivity contribution in [2.75, 3.05) is 19.8 Å². The van der Waals surface area contributed by atoms with Crippen LogP contribution in [0.25, 0.3) is 0 Å². The second kappa shape index (κ2) is 10.9. The van der Waals surface area contributed by atoms with Crippen LogP contribution in [0.4, 0.5) is 0 Å². The maximum Gasteiger partial charge on any atom is 0.326 e. The number of nitrogens with one attached hydrogen (secondary N) is 2. The summed E-state index contributed by atoms with van der Waals surface area (Å²) in [6.07, 6.45) is 1.17. The molecule has 0 spiro atoms. The zero-order valence-electron chi connectivity index (χ0n) is 16.1. The Morgan fingerprint density at radius 2 is 1.64 bits per heavy atom. The van der Waals surface area contributed by atoms with Crippen molar-refractivity contribution >= 4 is 23.7 Å². The lowest BCUT2D eigenvalue weighted by atomic mass is 10.0. The van der Waals surface area contributed by atoms with Crippen LogP contribution in [-0.4, -0.2) is 87.8 Å². The van der Waals surface area contributed by atoms with Gasteiger partial charge in [0.1, 0.15) is 18.1 Å². The van der Waals surface area contributed by atoms with Crippen molar-refractivity contribution < 1.29 is 34.5 Å². The largest absolute Gasteiger partial charge is 0.480 e. The van der Waals surface area contributed by atoms with E-state index in [9.17, 15) is 34.5 Å². The number of carbonyl (C=O) groups is 4. The minimum absolute atomic E-state index is 0.154. The second-order valence-corrected chi connectivity index (χ2v) is 7.25. The average molecular weight is 402 g/mol. The van der Waals surface area contributed by atoms with E-state index in [2.05, 4.69) is 10.6 Å². The van der Waals surface area contributed by atoms with E-state index < -0.39 is 61.1 Å². The van der Waals surface area contributed by atoms with Gasteiger partial charge in [-0.25, -0.2) is 4.79 Å². The van der Waals surface area contributed by atoms with Crippen molar-refractivity contribution in [1.82, 2.24) is 15.5 Å². The fourth-order valence-corrected chi connectivity index (χ4v) is 3.03. The number of hydrogen-bond acceptors (Lipinski definition) is 7. The van der Waals surface area contributed by atoms with Gasteiger partial charge in [-0.15, -0.1) is 0 Å². The molecule has 11 nitrogen and oxygen atoms in total. The molecule has 0 aromatic rings. The Balaban J connectivity index is 2.73. The first kappa shape index (κ1) is 23.8. The molecule has 1 fully saturated rings. The van der Waals surface area contributed by atoms with Gasteiger partial charge in [-0.05, 0) is 25.2 Å². The molecule has 0 aromatic heterocycles. The smallest absolute Gasteiger partial charge is 0.326 e. The van der Waals surface area contributed by atoms with Crippen molar-refractivity contribution in [3.05, 3.63) is 0 Å². The van der Waals surface area contributed by atoms with Crippen LogP contribution < -0.4 is 16.4 Å². The topological polar surface area (TPSA) is 182 Å². The number of aliphatic hydroxyl groups excluding tert-OH is 2. The Bertz CT molecular complexity index is 584. The number of carboxylic acid groups (broad SMARTS) is 1. The van der Waals surface area contributed by atoms with Gasteiger partial charge < -0.3 is 36.6 Å². The monoisotopic (exact) mass is 402 g/mol. The molecule has 0 aromatic carbocycles. The lowest BCUT2D eigenvalue weighted by Gasteiger charge is -2.27. The van der Waals surface area contributed by atoms with E-state index in [0.29, 0.717) is 12.8 Å². The van der Waals surface area contributed by atoms with Crippen molar-refractivity contribution in [1.29, 1.82) is 0 Å². The highest BCUT2D eigenvalue weighted by molar-refractivity contribution is 5.94. The maximum atomic E-state index is 12.5. The summed E-state index contributed by atoms with van der Waals surface area (Å²) in [5.41, 5.74) is 5.74. The van der Waals surface area contributed by atoms with Gasteiger partial charge in [0.25, 0.3) is 0 Å². The summed E-state index contributed by atoms with van der Waals surface area (Å²) in [4.78, 5) is 49.2. The van der Waals surface area contributed by atoms with Crippen LogP contribution in [-0.2, 0) is 19.2 Å². The number of nitrogens with zero attached hydrogens (tertiary/aromatic N) is 1. The third kappa shape index (κ3) is 6.43. The van der Waals surface area contributed by atoms with Gasteiger partial charge >= 0.3 is 5.97 Å². The average Bonchev–Trinajstić information content (AvgIpc) is 3.12. The number of rotatable bonds is 10. The molecule has 1 saturated heterocycles. The van der Waals surface area contributed by atoms with Crippen LogP contribution in [0.5, 0.6) is 0 Å². The van der Waals surface area contributed by atoms with Crippen molar-refractivity contribution in [3.63, 3.8) is 0 Å². The lowest BCUT2D eigenvalue weighted by Crippen LogP contribution is -2.59. The van der Waals surface area contributed by atoms with E-state index in [0.717, 1.165) is 4.90 Å². The van der Waals surface area contributed by atoms with Crippen LogP contribution in [0.15, 0.2) is 0 Å². The molecule has 0 radical (unpaired) electrons. The summed E-state index contributed by atoms with van der Waals surface area (Å²) >= 11 is 0. The van der Waals surface area contributed by atoms with E-state index in [1.807, 2.05) is 13.8 Å². The number of nitrogens with two attached hydrogens (primary N) is 1. The number of aliphatic carboxylic acids is 1. The quantitative estimate of drug-likeness (QED) is 0.230. The number of hydrogen-bond donors (Lipinski definition) is 6. The molecule has 1 rings (SSSR count). The molecule has 160 valence electrons. The summed E-state index contributed by atoms with van der Waals surface area (Å²) in [6, 6.07) is -4.62. The first-order valence-electron chi connectivity index (χ1n) is 9.23. The highest BCUT2D eigenvalue weighted by atomic mass is 16.4. The Morgan fingerprint density at radius 1 is 1.07 bits per heavy atom. The Labute approximate surface area is 163 Å². The summed E-state index contributed by atoms with van der Waals surface area (Å²) < 4.78 is 0. The molecule has 3 amide bonds. The van der Waals surface area contributed by atoms with E-state index in [4.69, 9.17) is 5.73 Å². The Kier molecular flexibility index (Phi) is 9.29. The first-order chi connectivity index (χ1) is 13.1. The predicted octanol–water partition coefficient (Wildman–Crippen LogP) is -2.61. The van der Waals surface area contributed by atoms with E-state index in [1.165, 1.54) is 0 Å². The third-order valence-corrected chi connectivity index (χ3v) is 4.50. The molecule has 28 heavy (non-hydrogen) atoms. The highest BCUT2D eigenvalue weighted by Crippen LogP contribution is 2.18. The van der Waals surface area contributed by atoms with Gasteiger partial charge in [-0.3, -0.25) is 14.4 Å². The molecule has 1 aliphatic rings. The fourth-order valence-electron chi connectivity index (χ4n) is 3.03. The molecule has 0 bridgehead atoms. The van der Waals surface area contributed by atoms with Crippen LogP contribution in [0.2, 0.25) is 0 Å². The standard InChI is InChI=1S/C17H30N4O7/c1-9(2)6-10(18)14(24)19-11(7-22)15(25)20-12(8-23)16(26)21-5-3-4-13(21)17(27)28/h9-13,22-23H,3-8,18H2,1-2H3,(H,19,24)(H,20,25)(H,27,28). The van der Waals surface area contributed by atoms with Crippen molar-refractivity contribution in [2.24, 2.45) is 11.7 Å². The first-order valence-corrected chi connectivity index (χ1v) is 9.23. The zero-order chi connectivity index (χ0) is 21.4. The van der Waals surface area contributed by atoms with E-state index in [1.54, 1.807) is 0 Å². The molecule has 7 N–H and O–H groups in total. The molecule has 1 aliphatic heterocycles. The molecular weight excluding hydrogens is 372 g/mol. The van der Waals surface area contributed by atoms with Crippen molar-refractivity contribution in [2.45, 2.75) is 57.3 Å². The van der Waals surface area contributed by atoms with E-state index in [-0.39, 0.29) is 18.9 Å². The Morgan fingerprint density at radius 3 is 2.14 bits per heavy atom. The number of carbonyl (C=O) groups excluding carboxylic acids is 3. The van der Waals surface area contributed by atoms with Crippen LogP contribution >= 0.6 is 0 Å². The highest BCUT2D eigenvalue weighted by Gasteiger charge is 2.38. The van der Waals surface area contributed by atoms with Gasteiger partial charge in [0, 0.05) is 6.54 Å². The summed E-state index contributed by atoms with van der Waals surface area (Å²) in [7, 11) is 0.